The van der Waals surface area contributed by atoms with E-state index in [4.69, 9.17) is 16.3 Å². The molecule has 0 saturated carbocycles. The molecule has 0 aliphatic rings. The summed E-state index contributed by atoms with van der Waals surface area (Å²) in [7, 11) is 0. The minimum atomic E-state index is -0.537. The number of nitrogens with zero attached hydrogens (tertiary/aromatic N) is 1. The lowest BCUT2D eigenvalue weighted by atomic mass is 10.1. The van der Waals surface area contributed by atoms with Crippen LogP contribution < -0.4 is 10.1 Å². The van der Waals surface area contributed by atoms with Crippen LogP contribution >= 0.6 is 11.6 Å². The molecule has 150 valence electrons. The zero-order chi connectivity index (χ0) is 20.4. The molecule has 1 atom stereocenters. The molecule has 1 unspecified atom stereocenters. The quantitative estimate of drug-likeness (QED) is 0.610. The predicted octanol–water partition coefficient (Wildman–Crippen LogP) is 4.05. The van der Waals surface area contributed by atoms with Crippen LogP contribution in [0.15, 0.2) is 54.6 Å². The van der Waals surface area contributed by atoms with Gasteiger partial charge in [-0.2, -0.15) is 0 Å². The summed E-state index contributed by atoms with van der Waals surface area (Å²) < 4.78 is 5.65. The van der Waals surface area contributed by atoms with E-state index in [9.17, 15) is 9.59 Å². The van der Waals surface area contributed by atoms with Gasteiger partial charge >= 0.3 is 0 Å². The molecule has 28 heavy (non-hydrogen) atoms. The van der Waals surface area contributed by atoms with E-state index < -0.39 is 6.04 Å². The molecule has 5 nitrogen and oxygen atoms in total. The van der Waals surface area contributed by atoms with Crippen molar-refractivity contribution < 1.29 is 14.3 Å². The summed E-state index contributed by atoms with van der Waals surface area (Å²) in [5.74, 6) is 0.500. The van der Waals surface area contributed by atoms with Crippen LogP contribution in [0.1, 0.15) is 32.3 Å². The summed E-state index contributed by atoms with van der Waals surface area (Å²) in [5.41, 5.74) is 0.990. The lowest BCUT2D eigenvalue weighted by molar-refractivity contribution is -0.140. The number of hydrogen-bond donors (Lipinski definition) is 1. The lowest BCUT2D eigenvalue weighted by Crippen LogP contribution is -2.47. The topological polar surface area (TPSA) is 58.6 Å². The molecule has 0 saturated heterocycles. The van der Waals surface area contributed by atoms with E-state index in [1.165, 1.54) is 0 Å². The molecule has 2 rings (SSSR count). The highest BCUT2D eigenvalue weighted by atomic mass is 35.5. The molecule has 2 amide bonds. The largest absolute Gasteiger partial charge is 0.494 e. The van der Waals surface area contributed by atoms with Crippen LogP contribution in [0, 0.1) is 0 Å². The van der Waals surface area contributed by atoms with Crippen molar-refractivity contribution in [3.05, 3.63) is 65.2 Å². The van der Waals surface area contributed by atoms with Crippen LogP contribution in [-0.2, 0) is 16.1 Å². The molecule has 2 aromatic carbocycles. The van der Waals surface area contributed by atoms with Gasteiger partial charge in [-0.15, -0.1) is 0 Å². The van der Waals surface area contributed by atoms with Crippen LogP contribution in [0.3, 0.4) is 0 Å². The van der Waals surface area contributed by atoms with E-state index in [-0.39, 0.29) is 11.8 Å². The summed E-state index contributed by atoms with van der Waals surface area (Å²) >= 11 is 5.86. The number of carbonyl (C=O) groups excluding carboxylic acids is 2. The summed E-state index contributed by atoms with van der Waals surface area (Å²) in [6.07, 6.45) is 0.874. The Bertz CT molecular complexity index is 750. The van der Waals surface area contributed by atoms with Crippen LogP contribution in [0.25, 0.3) is 0 Å². The van der Waals surface area contributed by atoms with Gasteiger partial charge in [0.05, 0.1) is 6.61 Å². The third-order valence-electron chi connectivity index (χ3n) is 4.33. The van der Waals surface area contributed by atoms with Crippen molar-refractivity contribution in [2.45, 2.75) is 39.3 Å². The van der Waals surface area contributed by atoms with Gasteiger partial charge < -0.3 is 15.0 Å². The number of rotatable bonds is 10. The van der Waals surface area contributed by atoms with Crippen molar-refractivity contribution in [2.24, 2.45) is 0 Å². The fourth-order valence-corrected chi connectivity index (χ4v) is 2.90. The molecule has 0 bridgehead atoms. The maximum absolute atomic E-state index is 12.8. The van der Waals surface area contributed by atoms with E-state index in [0.29, 0.717) is 43.3 Å². The molecule has 0 heterocycles. The highest BCUT2D eigenvalue weighted by molar-refractivity contribution is 6.30. The van der Waals surface area contributed by atoms with E-state index in [2.05, 4.69) is 5.32 Å². The highest BCUT2D eigenvalue weighted by Crippen LogP contribution is 2.16. The molecule has 0 radical (unpaired) electrons. The Morgan fingerprint density at radius 1 is 1.11 bits per heavy atom. The van der Waals surface area contributed by atoms with Crippen LogP contribution in [0.5, 0.6) is 5.75 Å². The third-order valence-corrected chi connectivity index (χ3v) is 4.58. The first kappa shape index (κ1) is 21.8. The van der Waals surface area contributed by atoms with Crippen molar-refractivity contribution >= 4 is 23.4 Å². The number of likely N-dealkylation sites (N-methyl/N-ethyl adjacent to an activating group) is 1. The van der Waals surface area contributed by atoms with E-state index in [1.807, 2.05) is 37.3 Å². The number of nitrogens with one attached hydrogen (secondary N) is 1. The fourth-order valence-electron chi connectivity index (χ4n) is 2.77. The molecule has 0 aliphatic heterocycles. The maximum Gasteiger partial charge on any atom is 0.242 e. The van der Waals surface area contributed by atoms with Crippen molar-refractivity contribution in [3.63, 3.8) is 0 Å². The Hall–Kier alpha value is -2.53. The van der Waals surface area contributed by atoms with Gasteiger partial charge in [0.1, 0.15) is 11.8 Å². The molecule has 0 aliphatic carbocycles. The normalized spacial score (nSPS) is 11.5. The van der Waals surface area contributed by atoms with Gasteiger partial charge in [-0.1, -0.05) is 41.9 Å². The zero-order valence-corrected chi connectivity index (χ0v) is 17.1. The minimum Gasteiger partial charge on any atom is -0.494 e. The molecular weight excluding hydrogens is 376 g/mol. The van der Waals surface area contributed by atoms with Crippen molar-refractivity contribution in [1.82, 2.24) is 10.2 Å². The predicted molar refractivity (Wildman–Crippen MR) is 111 cm³/mol. The summed E-state index contributed by atoms with van der Waals surface area (Å²) in [4.78, 5) is 26.7. The SMILES string of the molecule is CCNC(=O)C(C)N(Cc1ccccc1)C(=O)CCCOc1ccc(Cl)cc1. The van der Waals surface area contributed by atoms with Crippen LogP contribution in [0.4, 0.5) is 0 Å². The Morgan fingerprint density at radius 3 is 2.43 bits per heavy atom. The van der Waals surface area contributed by atoms with E-state index in [1.54, 1.807) is 36.1 Å². The number of amides is 2. The van der Waals surface area contributed by atoms with E-state index >= 15 is 0 Å². The van der Waals surface area contributed by atoms with Crippen LogP contribution in [-0.4, -0.2) is 35.9 Å². The maximum atomic E-state index is 12.8. The molecule has 6 heteroatoms. The molecule has 2 aromatic rings. The zero-order valence-electron chi connectivity index (χ0n) is 16.4. The van der Waals surface area contributed by atoms with E-state index in [0.717, 1.165) is 5.56 Å². The molecule has 0 aromatic heterocycles. The second-order valence-corrected chi connectivity index (χ2v) is 6.92. The fraction of sp³-hybridized carbons (Fsp3) is 0.364. The number of halogens is 1. The van der Waals surface area contributed by atoms with Crippen molar-refractivity contribution in [1.29, 1.82) is 0 Å². The Morgan fingerprint density at radius 2 is 1.79 bits per heavy atom. The van der Waals surface area contributed by atoms with Gasteiger partial charge in [0.15, 0.2) is 0 Å². The monoisotopic (exact) mass is 402 g/mol. The molecule has 0 fully saturated rings. The van der Waals surface area contributed by atoms with Crippen LogP contribution in [0.2, 0.25) is 5.02 Å². The second kappa shape index (κ2) is 11.3. The molecule has 1 N–H and O–H groups in total. The van der Waals surface area contributed by atoms with Crippen molar-refractivity contribution in [2.75, 3.05) is 13.2 Å². The number of benzene rings is 2. The summed E-state index contributed by atoms with van der Waals surface area (Å²) in [5, 5.41) is 3.44. The van der Waals surface area contributed by atoms with Gasteiger partial charge in [-0.3, -0.25) is 9.59 Å². The first-order valence-electron chi connectivity index (χ1n) is 9.50. The average molecular weight is 403 g/mol. The van der Waals surface area contributed by atoms with Gasteiger partial charge in [0.25, 0.3) is 0 Å². The smallest absolute Gasteiger partial charge is 0.242 e. The van der Waals surface area contributed by atoms with Gasteiger partial charge in [0.2, 0.25) is 11.8 Å². The second-order valence-electron chi connectivity index (χ2n) is 6.48. The third kappa shape index (κ3) is 6.89. The first-order chi connectivity index (χ1) is 13.5. The highest BCUT2D eigenvalue weighted by Gasteiger charge is 2.25. The standard InChI is InChI=1S/C22H27ClN2O3/c1-3-24-22(27)17(2)25(16-18-8-5-4-6-9-18)21(26)10-7-15-28-20-13-11-19(23)12-14-20/h4-6,8-9,11-14,17H,3,7,10,15-16H2,1-2H3,(H,24,27). The number of hydrogen-bond acceptors (Lipinski definition) is 3. The van der Waals surface area contributed by atoms with Gasteiger partial charge in [0, 0.05) is 24.5 Å². The Kier molecular flexibility index (Phi) is 8.82. The van der Waals surface area contributed by atoms with Crippen molar-refractivity contribution in [3.8, 4) is 5.75 Å². The number of carbonyl (C=O) groups is 2. The summed E-state index contributed by atoms with van der Waals surface area (Å²) in [6, 6.07) is 16.3. The molecule has 0 spiro atoms. The number of ether oxygens (including phenoxy) is 1. The Balaban J connectivity index is 1.93. The summed E-state index contributed by atoms with van der Waals surface area (Å²) in [6.45, 7) is 4.97. The molecular formula is C22H27ClN2O3. The first-order valence-corrected chi connectivity index (χ1v) is 9.88. The van der Waals surface area contributed by atoms with Gasteiger partial charge in [-0.25, -0.2) is 0 Å². The minimum absolute atomic E-state index is 0.0673. The van der Waals surface area contributed by atoms with Gasteiger partial charge in [-0.05, 0) is 50.1 Å². The lowest BCUT2D eigenvalue weighted by Gasteiger charge is -2.28. The Labute approximate surface area is 171 Å². The average Bonchev–Trinajstić information content (AvgIpc) is 2.71.